The van der Waals surface area contributed by atoms with Gasteiger partial charge in [0.1, 0.15) is 11.5 Å². The van der Waals surface area contributed by atoms with Crippen LogP contribution >= 0.6 is 0 Å². The van der Waals surface area contributed by atoms with E-state index >= 15 is 0 Å². The number of rotatable bonds is 6. The van der Waals surface area contributed by atoms with Crippen LogP contribution in [0.2, 0.25) is 0 Å². The first kappa shape index (κ1) is 16.5. The van der Waals surface area contributed by atoms with Crippen LogP contribution in [0, 0.1) is 0 Å². The molecule has 2 rings (SSSR count). The minimum absolute atomic E-state index is 0.0436. The van der Waals surface area contributed by atoms with Crippen LogP contribution in [0.25, 0.3) is 0 Å². The molecule has 6 N–H and O–H groups in total. The molecule has 120 valence electrons. The molecular weight excluding hydrogens is 300 g/mol. The van der Waals surface area contributed by atoms with Gasteiger partial charge in [-0.25, -0.2) is 9.59 Å². The van der Waals surface area contributed by atoms with Crippen LogP contribution in [-0.2, 0) is 13.1 Å². The van der Waals surface area contributed by atoms with Gasteiger partial charge in [0.15, 0.2) is 0 Å². The number of carboxylic acids is 2. The van der Waals surface area contributed by atoms with Crippen molar-refractivity contribution in [1.29, 1.82) is 0 Å². The Morgan fingerprint density at radius 3 is 1.52 bits per heavy atom. The van der Waals surface area contributed by atoms with Gasteiger partial charge in [-0.1, -0.05) is 12.1 Å². The van der Waals surface area contributed by atoms with E-state index in [4.69, 9.17) is 26.4 Å². The summed E-state index contributed by atoms with van der Waals surface area (Å²) in [6.07, 6.45) is 0. The van der Waals surface area contributed by atoms with Gasteiger partial charge >= 0.3 is 11.9 Å². The monoisotopic (exact) mass is 316 g/mol. The molecule has 0 aliphatic carbocycles. The Morgan fingerprint density at radius 2 is 1.22 bits per heavy atom. The fraction of sp³-hybridized carbons (Fsp3) is 0.125. The predicted molar refractivity (Wildman–Crippen MR) is 82.7 cm³/mol. The van der Waals surface area contributed by atoms with Gasteiger partial charge in [-0.15, -0.1) is 0 Å². The summed E-state index contributed by atoms with van der Waals surface area (Å²) in [7, 11) is 0. The molecule has 0 atom stereocenters. The third-order valence-corrected chi connectivity index (χ3v) is 3.30. The maximum atomic E-state index is 11.2. The largest absolute Gasteiger partial charge is 0.478 e. The molecule has 2 aromatic rings. The highest BCUT2D eigenvalue weighted by molar-refractivity contribution is 5.90. The highest BCUT2D eigenvalue weighted by Crippen LogP contribution is 2.26. The van der Waals surface area contributed by atoms with Crippen LogP contribution in [0.4, 0.5) is 0 Å². The Balaban J connectivity index is 2.36. The van der Waals surface area contributed by atoms with E-state index in [1.165, 1.54) is 12.1 Å². The minimum atomic E-state index is -1.11. The van der Waals surface area contributed by atoms with E-state index in [1.54, 1.807) is 24.3 Å². The highest BCUT2D eigenvalue weighted by atomic mass is 16.5. The molecule has 7 nitrogen and oxygen atoms in total. The molecule has 0 saturated carbocycles. The van der Waals surface area contributed by atoms with Crippen LogP contribution in [0.3, 0.4) is 0 Å². The van der Waals surface area contributed by atoms with Gasteiger partial charge in [0.25, 0.3) is 0 Å². The first-order chi connectivity index (χ1) is 11.0. The molecule has 0 spiro atoms. The quantitative estimate of drug-likeness (QED) is 0.637. The number of aromatic carboxylic acids is 2. The molecule has 0 saturated heterocycles. The lowest BCUT2D eigenvalue weighted by Gasteiger charge is -2.11. The minimum Gasteiger partial charge on any atom is -0.478 e. The average molecular weight is 316 g/mol. The summed E-state index contributed by atoms with van der Waals surface area (Å²) in [5.74, 6) is -1.67. The molecule has 0 aliphatic rings. The van der Waals surface area contributed by atoms with Crippen molar-refractivity contribution in [3.63, 3.8) is 0 Å². The van der Waals surface area contributed by atoms with Gasteiger partial charge < -0.3 is 26.4 Å². The third kappa shape index (κ3) is 3.65. The number of ether oxygens (including phenoxy) is 1. The smallest absolute Gasteiger partial charge is 0.336 e. The first-order valence-corrected chi connectivity index (χ1v) is 6.76. The number of nitrogens with two attached hydrogens (primary N) is 2. The van der Waals surface area contributed by atoms with Gasteiger partial charge in [0.2, 0.25) is 0 Å². The van der Waals surface area contributed by atoms with Gasteiger partial charge in [-0.2, -0.15) is 0 Å². The van der Waals surface area contributed by atoms with Crippen molar-refractivity contribution in [2.75, 3.05) is 0 Å². The van der Waals surface area contributed by atoms with Gasteiger partial charge in [-0.05, 0) is 35.4 Å². The Bertz CT molecular complexity index is 695. The molecule has 0 bridgehead atoms. The van der Waals surface area contributed by atoms with Gasteiger partial charge in [-0.3, -0.25) is 0 Å². The summed E-state index contributed by atoms with van der Waals surface area (Å²) in [5.41, 5.74) is 12.0. The normalized spacial score (nSPS) is 10.3. The number of hydrogen-bond donors (Lipinski definition) is 4. The van der Waals surface area contributed by atoms with E-state index in [1.807, 2.05) is 0 Å². The second-order valence-electron chi connectivity index (χ2n) is 4.76. The molecular formula is C16H16N2O5. The standard InChI is InChI=1S/C16H16N2O5/c17-7-9-1-3-11(5-13(9)15(19)20)23-12-4-2-10(8-18)14(6-12)16(21)22/h1-6H,7-8,17-18H2,(H,19,20)(H,21,22). The Morgan fingerprint density at radius 1 is 0.826 bits per heavy atom. The molecule has 2 aromatic carbocycles. The lowest BCUT2D eigenvalue weighted by molar-refractivity contribution is 0.0685. The maximum Gasteiger partial charge on any atom is 0.336 e. The molecule has 7 heteroatoms. The van der Waals surface area contributed by atoms with E-state index in [9.17, 15) is 9.59 Å². The maximum absolute atomic E-state index is 11.2. The fourth-order valence-corrected chi connectivity index (χ4v) is 2.13. The summed E-state index contributed by atoms with van der Waals surface area (Å²) in [5, 5.41) is 18.3. The highest BCUT2D eigenvalue weighted by Gasteiger charge is 2.13. The van der Waals surface area contributed by atoms with Gasteiger partial charge in [0.05, 0.1) is 11.1 Å². The molecule has 0 aromatic heterocycles. The third-order valence-electron chi connectivity index (χ3n) is 3.30. The van der Waals surface area contributed by atoms with E-state index in [-0.39, 0.29) is 35.7 Å². The SMILES string of the molecule is NCc1ccc(Oc2ccc(CN)c(C(=O)O)c2)cc1C(=O)O. The summed E-state index contributed by atoms with van der Waals surface area (Å²) >= 11 is 0. The molecule has 0 unspecified atom stereocenters. The zero-order chi connectivity index (χ0) is 17.0. The van der Waals surface area contributed by atoms with Crippen LogP contribution < -0.4 is 16.2 Å². The van der Waals surface area contributed by atoms with Crippen molar-refractivity contribution in [1.82, 2.24) is 0 Å². The molecule has 0 heterocycles. The number of hydrogen-bond acceptors (Lipinski definition) is 5. The van der Waals surface area contributed by atoms with Crippen molar-refractivity contribution in [3.05, 3.63) is 58.7 Å². The van der Waals surface area contributed by atoms with E-state index in [2.05, 4.69) is 0 Å². The second kappa shape index (κ2) is 6.91. The molecule has 0 radical (unpaired) electrons. The van der Waals surface area contributed by atoms with Crippen LogP contribution in [0.1, 0.15) is 31.8 Å². The van der Waals surface area contributed by atoms with E-state index in [0.29, 0.717) is 11.1 Å². The van der Waals surface area contributed by atoms with Crippen molar-refractivity contribution in [2.45, 2.75) is 13.1 Å². The summed E-state index contributed by atoms with van der Waals surface area (Å²) in [6, 6.07) is 8.97. The Kier molecular flexibility index (Phi) is 4.95. The van der Waals surface area contributed by atoms with Crippen LogP contribution in [0.15, 0.2) is 36.4 Å². The molecule has 0 amide bonds. The van der Waals surface area contributed by atoms with E-state index < -0.39 is 11.9 Å². The molecule has 23 heavy (non-hydrogen) atoms. The predicted octanol–water partition coefficient (Wildman–Crippen LogP) is 1.79. The average Bonchev–Trinajstić information content (AvgIpc) is 2.54. The number of benzene rings is 2. The summed E-state index contributed by atoms with van der Waals surface area (Å²) in [4.78, 5) is 22.4. The first-order valence-electron chi connectivity index (χ1n) is 6.76. The molecule has 0 aliphatic heterocycles. The van der Waals surface area contributed by atoms with Crippen molar-refractivity contribution < 1.29 is 24.5 Å². The Hall–Kier alpha value is -2.90. The topological polar surface area (TPSA) is 136 Å². The fourth-order valence-electron chi connectivity index (χ4n) is 2.13. The number of carboxylic acid groups (broad SMARTS) is 2. The van der Waals surface area contributed by atoms with E-state index in [0.717, 1.165) is 0 Å². The summed E-state index contributed by atoms with van der Waals surface area (Å²) < 4.78 is 5.55. The zero-order valence-corrected chi connectivity index (χ0v) is 12.2. The van der Waals surface area contributed by atoms with Crippen molar-refractivity contribution in [2.24, 2.45) is 11.5 Å². The summed E-state index contributed by atoms with van der Waals surface area (Å²) in [6.45, 7) is 0.187. The number of carbonyl (C=O) groups is 2. The zero-order valence-electron chi connectivity index (χ0n) is 12.2. The van der Waals surface area contributed by atoms with Crippen LogP contribution in [-0.4, -0.2) is 22.2 Å². The molecule has 0 fully saturated rings. The second-order valence-corrected chi connectivity index (χ2v) is 4.76. The van der Waals surface area contributed by atoms with Gasteiger partial charge in [0, 0.05) is 13.1 Å². The lowest BCUT2D eigenvalue weighted by Crippen LogP contribution is -2.08. The van der Waals surface area contributed by atoms with Crippen LogP contribution in [0.5, 0.6) is 11.5 Å². The van der Waals surface area contributed by atoms with Crippen molar-refractivity contribution >= 4 is 11.9 Å². The van der Waals surface area contributed by atoms with Crippen molar-refractivity contribution in [3.8, 4) is 11.5 Å². The lowest BCUT2D eigenvalue weighted by atomic mass is 10.1. The Labute approximate surface area is 132 Å².